The Morgan fingerprint density at radius 1 is 1.11 bits per heavy atom. The zero-order valence-corrected chi connectivity index (χ0v) is 33.7. The molecule has 4 heterocycles. The van der Waals surface area contributed by atoms with Gasteiger partial charge in [0.15, 0.2) is 0 Å². The van der Waals surface area contributed by atoms with Gasteiger partial charge in [-0.05, 0) is 104 Å². The van der Waals surface area contributed by atoms with Gasteiger partial charge in [-0.2, -0.15) is 8.78 Å². The fourth-order valence-corrected chi connectivity index (χ4v) is 9.61. The van der Waals surface area contributed by atoms with E-state index in [4.69, 9.17) is 9.47 Å². The fourth-order valence-electron chi connectivity index (χ4n) is 8.30. The Kier molecular flexibility index (Phi) is 10.5. The van der Waals surface area contributed by atoms with Crippen LogP contribution in [0.5, 0.6) is 11.5 Å². The second-order valence-electron chi connectivity index (χ2n) is 17.5. The highest BCUT2D eigenvalue weighted by Crippen LogP contribution is 2.49. The summed E-state index contributed by atoms with van der Waals surface area (Å²) in [5, 5.41) is 6.21. The van der Waals surface area contributed by atoms with Crippen molar-refractivity contribution in [3.05, 3.63) is 41.6 Å². The first kappa shape index (κ1) is 40.6. The number of allylic oxidation sites excluding steroid dienone is 1. The van der Waals surface area contributed by atoms with Gasteiger partial charge in [-0.1, -0.05) is 25.0 Å². The highest BCUT2D eigenvalue weighted by atomic mass is 32.2. The van der Waals surface area contributed by atoms with E-state index in [2.05, 4.69) is 25.1 Å². The molecular weight excluding hydrogens is 765 g/mol. The van der Waals surface area contributed by atoms with E-state index in [0.29, 0.717) is 60.9 Å². The van der Waals surface area contributed by atoms with E-state index in [1.54, 1.807) is 40.7 Å². The van der Waals surface area contributed by atoms with Gasteiger partial charge >= 0.3 is 12.7 Å². The molecule has 310 valence electrons. The smallest absolute Gasteiger partial charge is 0.408 e. The Morgan fingerprint density at radius 3 is 2.56 bits per heavy atom. The van der Waals surface area contributed by atoms with Crippen molar-refractivity contribution in [2.24, 2.45) is 5.92 Å². The fraction of sp³-hybridized carbons (Fsp3) is 0.625. The molecule has 1 aromatic heterocycles. The van der Waals surface area contributed by atoms with Gasteiger partial charge in [0.25, 0.3) is 5.91 Å². The van der Waals surface area contributed by atoms with Crippen LogP contribution in [0.15, 0.2) is 30.4 Å². The number of aryl methyl sites for hydroxylation is 2. The number of fused-ring (bicyclic) bond motifs is 5. The van der Waals surface area contributed by atoms with Gasteiger partial charge in [-0.3, -0.25) is 19.1 Å². The first-order valence-corrected chi connectivity index (χ1v) is 21.1. The summed E-state index contributed by atoms with van der Waals surface area (Å²) in [5.74, 6) is -2.13. The van der Waals surface area contributed by atoms with Crippen molar-refractivity contribution in [3.63, 3.8) is 0 Å². The quantitative estimate of drug-likeness (QED) is 0.332. The monoisotopic (exact) mass is 815 g/mol. The van der Waals surface area contributed by atoms with E-state index in [-0.39, 0.29) is 31.6 Å². The molecule has 7 rings (SSSR count). The van der Waals surface area contributed by atoms with Crippen LogP contribution in [0, 0.1) is 12.8 Å². The van der Waals surface area contributed by atoms with E-state index >= 15 is 0 Å². The topological polar surface area (TPSA) is 182 Å². The minimum Gasteiger partial charge on any atom is -0.483 e. The van der Waals surface area contributed by atoms with Crippen molar-refractivity contribution >= 4 is 44.7 Å². The number of alkyl carbamates (subject to hydrolysis) is 1. The molecule has 2 saturated carbocycles. The van der Waals surface area contributed by atoms with Crippen molar-refractivity contribution < 1.29 is 50.6 Å². The van der Waals surface area contributed by atoms with Gasteiger partial charge in [0.05, 0.1) is 22.5 Å². The maximum atomic E-state index is 14.7. The van der Waals surface area contributed by atoms with E-state index in [1.807, 2.05) is 12.2 Å². The van der Waals surface area contributed by atoms with Crippen molar-refractivity contribution in [3.8, 4) is 11.5 Å². The standard InChI is InChI=1S/C40H51F2N5O9S/c1-23-31-26(27-19-25(54-35(41)42)13-14-28(27)43-23)15-16-39(55-31)21-30-32(48)45-40(34(50)46-57(52,53)38(5)17-18-38)20-24(40)11-9-7-6-8-10-12-29(33(49)47(30)22-39)44-36(51)56-37(2,3)4/h9,11,13-14,19,24,29-30,35H,6-8,10,12,15-18,20-22H2,1-5H3,(H,44,51)(H,45,48)(H,46,50)/b11-9-/t24-,29+,30+,39-,40-/m1/s1. The number of ether oxygens (including phenoxy) is 3. The van der Waals surface area contributed by atoms with Crippen LogP contribution >= 0.6 is 0 Å². The second kappa shape index (κ2) is 14.7. The minimum atomic E-state index is -4.03. The van der Waals surface area contributed by atoms with Crippen LogP contribution in [-0.4, -0.2) is 88.8 Å². The first-order valence-electron chi connectivity index (χ1n) is 19.7. The number of hydrogen-bond donors (Lipinski definition) is 3. The Hall–Kier alpha value is -4.54. The van der Waals surface area contributed by atoms with Crippen LogP contribution in [0.3, 0.4) is 0 Å². The molecule has 5 aliphatic rings. The molecule has 3 N–H and O–H groups in total. The first-order chi connectivity index (χ1) is 26.7. The van der Waals surface area contributed by atoms with E-state index in [1.165, 1.54) is 17.0 Å². The van der Waals surface area contributed by atoms with Crippen LogP contribution < -0.4 is 24.8 Å². The van der Waals surface area contributed by atoms with Crippen LogP contribution in [0.25, 0.3) is 10.9 Å². The molecule has 1 spiro atoms. The third kappa shape index (κ3) is 8.26. The predicted molar refractivity (Wildman–Crippen MR) is 204 cm³/mol. The Bertz CT molecular complexity index is 2120. The number of carbonyl (C=O) groups is 4. The highest BCUT2D eigenvalue weighted by molar-refractivity contribution is 7.91. The zero-order valence-electron chi connectivity index (χ0n) is 32.9. The summed E-state index contributed by atoms with van der Waals surface area (Å²) in [4.78, 5) is 62.4. The lowest BCUT2D eigenvalue weighted by Crippen LogP contribution is -2.58. The SMILES string of the molecule is Cc1nc2ccc(OC(F)F)cc2c2c1O[C@]1(CC2)C[C@H]2C(=O)N[C@]3(C(=O)NS(=O)(=O)C4(C)CC4)C[C@H]3/C=C\CCCCC[C@H](NC(=O)OC(C)(C)C)C(=O)N2C1. The molecular formula is C40H51F2N5O9S. The predicted octanol–water partition coefficient (Wildman–Crippen LogP) is 5.10. The van der Waals surface area contributed by atoms with Crippen LogP contribution in [0.1, 0.15) is 103 Å². The molecule has 17 heteroatoms. The Labute approximate surface area is 330 Å². The lowest BCUT2D eigenvalue weighted by atomic mass is 9.87. The average Bonchev–Trinajstić information content (AvgIpc) is 4.01. The summed E-state index contributed by atoms with van der Waals surface area (Å²) in [6.07, 6.45) is 7.70. The number of pyridine rings is 1. The molecule has 2 aliphatic carbocycles. The maximum Gasteiger partial charge on any atom is 0.408 e. The van der Waals surface area contributed by atoms with E-state index in [9.17, 15) is 36.4 Å². The lowest BCUT2D eigenvalue weighted by molar-refractivity contribution is -0.141. The summed E-state index contributed by atoms with van der Waals surface area (Å²) < 4.78 is 70.8. The number of halogens is 2. The highest BCUT2D eigenvalue weighted by Gasteiger charge is 2.64. The Morgan fingerprint density at radius 2 is 1.86 bits per heavy atom. The zero-order chi connectivity index (χ0) is 41.1. The molecule has 0 radical (unpaired) electrons. The normalized spacial score (nSPS) is 29.1. The largest absolute Gasteiger partial charge is 0.483 e. The number of nitrogens with zero attached hydrogens (tertiary/aromatic N) is 2. The number of sulfonamides is 1. The van der Waals surface area contributed by atoms with Crippen molar-refractivity contribution in [2.75, 3.05) is 6.54 Å². The van der Waals surface area contributed by atoms with Gasteiger partial charge in [0, 0.05) is 23.3 Å². The number of nitrogens with one attached hydrogen (secondary N) is 3. The number of rotatable bonds is 6. The molecule has 3 fully saturated rings. The number of alkyl halides is 2. The number of aromatic nitrogens is 1. The van der Waals surface area contributed by atoms with Crippen molar-refractivity contribution in [2.45, 2.75) is 145 Å². The van der Waals surface area contributed by atoms with Gasteiger partial charge < -0.3 is 29.7 Å². The number of amides is 4. The molecule has 5 atom stereocenters. The summed E-state index contributed by atoms with van der Waals surface area (Å²) in [5.41, 5.74) is -1.72. The average molecular weight is 816 g/mol. The van der Waals surface area contributed by atoms with Crippen molar-refractivity contribution in [1.29, 1.82) is 0 Å². The summed E-state index contributed by atoms with van der Waals surface area (Å²) >= 11 is 0. The third-order valence-corrected chi connectivity index (χ3v) is 14.0. The minimum absolute atomic E-state index is 0.00373. The van der Waals surface area contributed by atoms with Crippen LogP contribution in [0.2, 0.25) is 0 Å². The molecule has 1 aromatic carbocycles. The van der Waals surface area contributed by atoms with Crippen LogP contribution in [0.4, 0.5) is 13.6 Å². The van der Waals surface area contributed by atoms with Crippen LogP contribution in [-0.2, 0) is 35.6 Å². The molecule has 0 bridgehead atoms. The number of benzene rings is 1. The molecule has 14 nitrogen and oxygen atoms in total. The molecule has 0 unspecified atom stereocenters. The molecule has 4 amide bonds. The van der Waals surface area contributed by atoms with E-state index in [0.717, 1.165) is 18.4 Å². The summed E-state index contributed by atoms with van der Waals surface area (Å²) in [7, 11) is -4.03. The van der Waals surface area contributed by atoms with Gasteiger partial charge in [0.1, 0.15) is 40.3 Å². The molecule has 3 aliphatic heterocycles. The molecule has 57 heavy (non-hydrogen) atoms. The van der Waals surface area contributed by atoms with Gasteiger partial charge in [0.2, 0.25) is 21.8 Å². The van der Waals surface area contributed by atoms with Crippen molar-refractivity contribution in [1.82, 2.24) is 25.2 Å². The number of carbonyl (C=O) groups excluding carboxylic acids is 4. The Balaban J connectivity index is 1.24. The second-order valence-corrected chi connectivity index (χ2v) is 19.7. The summed E-state index contributed by atoms with van der Waals surface area (Å²) in [6, 6.07) is 2.27. The van der Waals surface area contributed by atoms with E-state index < -0.39 is 79.9 Å². The van der Waals surface area contributed by atoms with Gasteiger partial charge in [-0.25, -0.2) is 18.2 Å². The van der Waals surface area contributed by atoms with Gasteiger partial charge in [-0.15, -0.1) is 0 Å². The molecule has 2 aromatic rings. The number of hydrogen-bond acceptors (Lipinski definition) is 10. The maximum absolute atomic E-state index is 14.7. The third-order valence-electron chi connectivity index (χ3n) is 11.9. The summed E-state index contributed by atoms with van der Waals surface area (Å²) in [6.45, 7) is 5.38. The molecule has 1 saturated heterocycles. The lowest BCUT2D eigenvalue weighted by Gasteiger charge is -2.36.